The van der Waals surface area contributed by atoms with Crippen LogP contribution in [0.15, 0.2) is 47.6 Å². The van der Waals surface area contributed by atoms with E-state index in [1.807, 2.05) is 18.2 Å². The SMILES string of the molecule is Cc1ccc(C2=NN3C(C2)c2cc(Cl)ccc2OC32CCN(C)CC2)cc1. The Balaban J connectivity index is 1.58. The molecule has 3 aliphatic heterocycles. The molecule has 0 amide bonds. The van der Waals surface area contributed by atoms with Crippen molar-refractivity contribution in [3.05, 3.63) is 64.2 Å². The van der Waals surface area contributed by atoms with Crippen molar-refractivity contribution in [2.45, 2.75) is 38.0 Å². The Labute approximate surface area is 165 Å². The molecular formula is C22H24ClN3O. The van der Waals surface area contributed by atoms with E-state index >= 15 is 0 Å². The lowest BCUT2D eigenvalue weighted by molar-refractivity contribution is -0.147. The first-order chi connectivity index (χ1) is 13.0. The van der Waals surface area contributed by atoms with Gasteiger partial charge in [-0.15, -0.1) is 0 Å². The van der Waals surface area contributed by atoms with Crippen LogP contribution < -0.4 is 4.74 Å². The summed E-state index contributed by atoms with van der Waals surface area (Å²) in [5.41, 5.74) is 4.39. The standard InChI is InChI=1S/C22H24ClN3O/c1-15-3-5-16(6-4-15)19-14-20-18-13-17(23)7-8-21(18)27-22(26(20)24-19)9-11-25(2)12-10-22/h3-8,13,20H,9-12,14H2,1-2H3. The van der Waals surface area contributed by atoms with Crippen LogP contribution >= 0.6 is 11.6 Å². The molecule has 3 heterocycles. The summed E-state index contributed by atoms with van der Waals surface area (Å²) in [5.74, 6) is 0.963. The predicted molar refractivity (Wildman–Crippen MR) is 108 cm³/mol. The van der Waals surface area contributed by atoms with Crippen LogP contribution in [-0.4, -0.2) is 41.5 Å². The maximum absolute atomic E-state index is 6.61. The van der Waals surface area contributed by atoms with E-state index in [4.69, 9.17) is 21.4 Å². The summed E-state index contributed by atoms with van der Waals surface area (Å²) in [5, 5.41) is 8.10. The number of benzene rings is 2. The first-order valence-electron chi connectivity index (χ1n) is 9.65. The minimum absolute atomic E-state index is 0.187. The number of rotatable bonds is 1. The summed E-state index contributed by atoms with van der Waals surface area (Å²) in [7, 11) is 2.17. The Morgan fingerprint density at radius 2 is 1.85 bits per heavy atom. The molecule has 140 valence electrons. The molecule has 1 unspecified atom stereocenters. The zero-order valence-electron chi connectivity index (χ0n) is 15.8. The summed E-state index contributed by atoms with van der Waals surface area (Å²) in [6, 6.07) is 14.8. The van der Waals surface area contributed by atoms with E-state index in [1.54, 1.807) is 0 Å². The van der Waals surface area contributed by atoms with Crippen LogP contribution in [-0.2, 0) is 0 Å². The largest absolute Gasteiger partial charge is 0.466 e. The van der Waals surface area contributed by atoms with Gasteiger partial charge in [0.15, 0.2) is 0 Å². The highest BCUT2D eigenvalue weighted by Gasteiger charge is 2.51. The third-order valence-corrected chi connectivity index (χ3v) is 6.35. The highest BCUT2D eigenvalue weighted by Crippen LogP contribution is 2.50. The van der Waals surface area contributed by atoms with Crippen molar-refractivity contribution in [2.75, 3.05) is 20.1 Å². The first-order valence-corrected chi connectivity index (χ1v) is 10.0. The summed E-state index contributed by atoms with van der Waals surface area (Å²) in [6.45, 7) is 4.15. The molecule has 1 atom stereocenters. The smallest absolute Gasteiger partial charge is 0.200 e. The van der Waals surface area contributed by atoms with E-state index in [9.17, 15) is 0 Å². The molecule has 27 heavy (non-hydrogen) atoms. The molecule has 0 aliphatic carbocycles. The molecule has 2 aromatic rings. The first kappa shape index (κ1) is 17.1. The Bertz CT molecular complexity index is 900. The third kappa shape index (κ3) is 2.82. The molecule has 0 bridgehead atoms. The van der Waals surface area contributed by atoms with Gasteiger partial charge in [-0.25, -0.2) is 5.01 Å². The molecule has 1 fully saturated rings. The van der Waals surface area contributed by atoms with Crippen LogP contribution in [0.1, 0.15) is 42.0 Å². The number of nitrogens with zero attached hydrogens (tertiary/aromatic N) is 3. The van der Waals surface area contributed by atoms with E-state index in [2.05, 4.69) is 48.1 Å². The van der Waals surface area contributed by atoms with E-state index in [0.717, 1.165) is 54.4 Å². The van der Waals surface area contributed by atoms with Crippen molar-refractivity contribution in [3.8, 4) is 5.75 Å². The fraction of sp³-hybridized carbons (Fsp3) is 0.409. The molecule has 0 radical (unpaired) electrons. The van der Waals surface area contributed by atoms with Crippen LogP contribution in [0.25, 0.3) is 0 Å². The van der Waals surface area contributed by atoms with Gasteiger partial charge in [0.25, 0.3) is 0 Å². The molecule has 0 saturated carbocycles. The highest BCUT2D eigenvalue weighted by atomic mass is 35.5. The maximum atomic E-state index is 6.61. The van der Waals surface area contributed by atoms with E-state index in [0.29, 0.717) is 0 Å². The number of piperidine rings is 1. The molecule has 3 aliphatic rings. The Morgan fingerprint density at radius 3 is 2.59 bits per heavy atom. The van der Waals surface area contributed by atoms with Gasteiger partial charge >= 0.3 is 0 Å². The molecule has 5 heteroatoms. The topological polar surface area (TPSA) is 28.1 Å². The number of halogens is 1. The van der Waals surface area contributed by atoms with Gasteiger partial charge in [0, 0.05) is 42.9 Å². The lowest BCUT2D eigenvalue weighted by Gasteiger charge is -2.50. The number of aryl methyl sites for hydroxylation is 1. The monoisotopic (exact) mass is 381 g/mol. The van der Waals surface area contributed by atoms with Gasteiger partial charge in [0.05, 0.1) is 11.8 Å². The minimum atomic E-state index is -0.357. The van der Waals surface area contributed by atoms with Gasteiger partial charge in [0.2, 0.25) is 5.72 Å². The van der Waals surface area contributed by atoms with Crippen molar-refractivity contribution in [1.29, 1.82) is 0 Å². The van der Waals surface area contributed by atoms with E-state index < -0.39 is 0 Å². The van der Waals surface area contributed by atoms with Crippen molar-refractivity contribution >= 4 is 17.3 Å². The quantitative estimate of drug-likeness (QED) is 0.721. The van der Waals surface area contributed by atoms with Crippen LogP contribution in [0, 0.1) is 6.92 Å². The molecular weight excluding hydrogens is 358 g/mol. The van der Waals surface area contributed by atoms with Gasteiger partial charge in [-0.05, 0) is 37.7 Å². The fourth-order valence-corrected chi connectivity index (χ4v) is 4.65. The van der Waals surface area contributed by atoms with Gasteiger partial charge in [-0.1, -0.05) is 41.4 Å². The predicted octanol–water partition coefficient (Wildman–Crippen LogP) is 4.61. The minimum Gasteiger partial charge on any atom is -0.466 e. The lowest BCUT2D eigenvalue weighted by atomic mass is 9.91. The normalized spacial score (nSPS) is 23.6. The molecule has 0 N–H and O–H groups in total. The molecule has 1 saturated heterocycles. The zero-order valence-corrected chi connectivity index (χ0v) is 16.5. The second-order valence-corrected chi connectivity index (χ2v) is 8.45. The summed E-state index contributed by atoms with van der Waals surface area (Å²) >= 11 is 6.32. The number of hydrogen-bond donors (Lipinski definition) is 0. The van der Waals surface area contributed by atoms with Crippen molar-refractivity contribution in [2.24, 2.45) is 5.10 Å². The van der Waals surface area contributed by atoms with Gasteiger partial charge in [0.1, 0.15) is 5.75 Å². The number of fused-ring (bicyclic) bond motifs is 4. The molecule has 2 aromatic carbocycles. The Kier molecular flexibility index (Phi) is 3.95. The number of likely N-dealkylation sites (tertiary alicyclic amines) is 1. The number of hydrogen-bond acceptors (Lipinski definition) is 4. The van der Waals surface area contributed by atoms with Gasteiger partial charge in [-0.2, -0.15) is 5.10 Å². The van der Waals surface area contributed by atoms with Crippen molar-refractivity contribution < 1.29 is 4.74 Å². The average molecular weight is 382 g/mol. The average Bonchev–Trinajstić information content (AvgIpc) is 3.12. The van der Waals surface area contributed by atoms with Crippen LogP contribution in [0.3, 0.4) is 0 Å². The van der Waals surface area contributed by atoms with E-state index in [1.165, 1.54) is 11.1 Å². The van der Waals surface area contributed by atoms with Crippen LogP contribution in [0.2, 0.25) is 5.02 Å². The lowest BCUT2D eigenvalue weighted by Crippen LogP contribution is -2.58. The maximum Gasteiger partial charge on any atom is 0.200 e. The third-order valence-electron chi connectivity index (χ3n) is 6.11. The molecule has 5 rings (SSSR count). The second kappa shape index (κ2) is 6.25. The number of ether oxygens (including phenoxy) is 1. The van der Waals surface area contributed by atoms with Gasteiger partial charge in [-0.3, -0.25) is 0 Å². The molecule has 4 nitrogen and oxygen atoms in total. The van der Waals surface area contributed by atoms with E-state index in [-0.39, 0.29) is 11.8 Å². The summed E-state index contributed by atoms with van der Waals surface area (Å²) in [4.78, 5) is 2.36. The Morgan fingerprint density at radius 1 is 1.11 bits per heavy atom. The van der Waals surface area contributed by atoms with Crippen LogP contribution in [0.5, 0.6) is 5.75 Å². The Hall–Kier alpha value is -2.04. The summed E-state index contributed by atoms with van der Waals surface area (Å²) in [6.07, 6.45) is 2.79. The fourth-order valence-electron chi connectivity index (χ4n) is 4.47. The van der Waals surface area contributed by atoms with Gasteiger partial charge < -0.3 is 9.64 Å². The second-order valence-electron chi connectivity index (χ2n) is 8.01. The number of hydrazone groups is 1. The van der Waals surface area contributed by atoms with Crippen molar-refractivity contribution in [3.63, 3.8) is 0 Å². The summed E-state index contributed by atoms with van der Waals surface area (Å²) < 4.78 is 6.61. The van der Waals surface area contributed by atoms with Crippen molar-refractivity contribution in [1.82, 2.24) is 9.91 Å². The highest BCUT2D eigenvalue weighted by molar-refractivity contribution is 6.30. The molecule has 0 aromatic heterocycles. The van der Waals surface area contributed by atoms with Crippen LogP contribution in [0.4, 0.5) is 0 Å². The molecule has 1 spiro atoms. The zero-order chi connectivity index (χ0) is 18.6.